The number of nitrogens with zero attached hydrogens (tertiary/aromatic N) is 3. The normalized spacial score (nSPS) is 12.3. The Kier molecular flexibility index (Phi) is 10.6. The van der Waals surface area contributed by atoms with Crippen LogP contribution in [0.2, 0.25) is 0 Å². The number of aliphatic carboxylic acids is 1. The second kappa shape index (κ2) is 12.5. The van der Waals surface area contributed by atoms with Gasteiger partial charge in [-0.15, -0.1) is 0 Å². The first-order valence-electron chi connectivity index (χ1n) is 9.73. The van der Waals surface area contributed by atoms with Gasteiger partial charge in [-0.1, -0.05) is 39.5 Å². The predicted octanol–water partition coefficient (Wildman–Crippen LogP) is 2.77. The molecule has 1 amide bonds. The fourth-order valence-electron chi connectivity index (χ4n) is 2.91. The average Bonchev–Trinajstić information content (AvgIpc) is 3.02. The molecule has 7 nitrogen and oxygen atoms in total. The minimum atomic E-state index is -0.983. The summed E-state index contributed by atoms with van der Waals surface area (Å²) in [5.41, 5.74) is 0.390. The van der Waals surface area contributed by atoms with Gasteiger partial charge in [0.05, 0.1) is 11.8 Å². The number of amides is 1. The molecule has 0 saturated heterocycles. The highest BCUT2D eigenvalue weighted by molar-refractivity contribution is 5.93. The zero-order chi connectivity index (χ0) is 19.4. The molecule has 7 heteroatoms. The van der Waals surface area contributed by atoms with E-state index in [9.17, 15) is 9.59 Å². The Morgan fingerprint density at radius 1 is 1.19 bits per heavy atom. The van der Waals surface area contributed by atoms with Crippen LogP contribution in [0.1, 0.15) is 69.7 Å². The number of unbranched alkanes of at least 4 members (excludes halogenated alkanes) is 4. The molecule has 0 bridgehead atoms. The Balaban J connectivity index is 2.50. The van der Waals surface area contributed by atoms with Crippen LogP contribution in [-0.4, -0.2) is 57.3 Å². The van der Waals surface area contributed by atoms with Crippen molar-refractivity contribution >= 4 is 11.9 Å². The molecule has 0 aromatic carbocycles. The molecule has 1 heterocycles. The first kappa shape index (κ1) is 22.2. The van der Waals surface area contributed by atoms with Gasteiger partial charge in [-0.05, 0) is 32.9 Å². The number of nitrogens with one attached hydrogen (secondary N) is 1. The summed E-state index contributed by atoms with van der Waals surface area (Å²) < 4.78 is 1.25. The van der Waals surface area contributed by atoms with Crippen LogP contribution in [0.3, 0.4) is 0 Å². The van der Waals surface area contributed by atoms with Crippen LogP contribution in [0.25, 0.3) is 0 Å². The van der Waals surface area contributed by atoms with Gasteiger partial charge in [-0.3, -0.25) is 14.3 Å². The quantitative estimate of drug-likeness (QED) is 0.494. The van der Waals surface area contributed by atoms with E-state index in [1.807, 2.05) is 6.92 Å². The summed E-state index contributed by atoms with van der Waals surface area (Å²) in [7, 11) is 0. The third-order valence-electron chi connectivity index (χ3n) is 4.26. The molecule has 1 unspecified atom stereocenters. The van der Waals surface area contributed by atoms with Gasteiger partial charge < -0.3 is 15.3 Å². The molecular weight excluding hydrogens is 332 g/mol. The van der Waals surface area contributed by atoms with Crippen molar-refractivity contribution in [1.29, 1.82) is 0 Å². The topological polar surface area (TPSA) is 87.5 Å². The second-order valence-electron chi connectivity index (χ2n) is 6.91. The van der Waals surface area contributed by atoms with Crippen molar-refractivity contribution in [2.45, 2.75) is 71.9 Å². The molecule has 1 atom stereocenters. The van der Waals surface area contributed by atoms with Crippen LogP contribution in [0.15, 0.2) is 12.4 Å². The summed E-state index contributed by atoms with van der Waals surface area (Å²) in [6, 6.07) is 0.0218. The zero-order valence-electron chi connectivity index (χ0n) is 16.4. The maximum absolute atomic E-state index is 12.3. The monoisotopic (exact) mass is 366 g/mol. The number of carboxylic acids is 1. The van der Waals surface area contributed by atoms with E-state index in [4.69, 9.17) is 5.11 Å². The molecule has 26 heavy (non-hydrogen) atoms. The lowest BCUT2D eigenvalue weighted by Gasteiger charge is -2.26. The maximum atomic E-state index is 12.3. The summed E-state index contributed by atoms with van der Waals surface area (Å²) in [4.78, 5) is 25.5. The lowest BCUT2D eigenvalue weighted by atomic mass is 10.2. The summed E-state index contributed by atoms with van der Waals surface area (Å²) in [5, 5.41) is 15.7. The predicted molar refractivity (Wildman–Crippen MR) is 102 cm³/mol. The summed E-state index contributed by atoms with van der Waals surface area (Å²) >= 11 is 0. The van der Waals surface area contributed by atoms with Gasteiger partial charge in [0.2, 0.25) is 0 Å². The maximum Gasteiger partial charge on any atom is 0.325 e. The van der Waals surface area contributed by atoms with Crippen LogP contribution in [0.4, 0.5) is 0 Å². The van der Waals surface area contributed by atoms with Crippen LogP contribution in [-0.2, 0) is 11.3 Å². The molecule has 148 valence electrons. The first-order chi connectivity index (χ1) is 12.5. The Labute approximate surface area is 156 Å². The molecule has 0 aliphatic heterocycles. The highest BCUT2D eigenvalue weighted by Gasteiger charge is 2.15. The lowest BCUT2D eigenvalue weighted by molar-refractivity contribution is -0.137. The first-order valence-corrected chi connectivity index (χ1v) is 9.73. The number of carbonyl (C=O) groups is 2. The molecular formula is C19H34N4O3. The van der Waals surface area contributed by atoms with Crippen LogP contribution < -0.4 is 5.32 Å². The molecule has 0 aliphatic rings. The standard InChI is InChI=1S/C19H34N4O3/c1-4-6-8-10-22(11-9-7-5-2)13-16(3)21-19(26)17-12-20-23(14-17)15-18(24)25/h12,14,16H,4-11,13,15H2,1-3H3,(H,21,26)(H,24,25). The van der Waals surface area contributed by atoms with Crippen LogP contribution >= 0.6 is 0 Å². The van der Waals surface area contributed by atoms with E-state index in [1.54, 1.807) is 0 Å². The van der Waals surface area contributed by atoms with Crippen molar-refractivity contribution in [2.24, 2.45) is 0 Å². The number of carboxylic acid groups (broad SMARTS) is 1. The largest absolute Gasteiger partial charge is 0.480 e. The van der Waals surface area contributed by atoms with E-state index in [0.29, 0.717) is 5.56 Å². The molecule has 0 saturated carbocycles. The smallest absolute Gasteiger partial charge is 0.325 e. The Morgan fingerprint density at radius 2 is 1.81 bits per heavy atom. The number of hydrogen-bond acceptors (Lipinski definition) is 4. The number of aromatic nitrogens is 2. The number of carbonyl (C=O) groups excluding carboxylic acids is 1. The van der Waals surface area contributed by atoms with Gasteiger partial charge in [0, 0.05) is 18.8 Å². The third-order valence-corrected chi connectivity index (χ3v) is 4.26. The van der Waals surface area contributed by atoms with E-state index < -0.39 is 5.97 Å². The Hall–Kier alpha value is -1.89. The van der Waals surface area contributed by atoms with Crippen molar-refractivity contribution in [3.05, 3.63) is 18.0 Å². The molecule has 1 aromatic rings. The third kappa shape index (κ3) is 8.99. The Bertz CT molecular complexity index is 535. The van der Waals surface area contributed by atoms with Crippen molar-refractivity contribution in [2.75, 3.05) is 19.6 Å². The van der Waals surface area contributed by atoms with Gasteiger partial charge in [0.15, 0.2) is 0 Å². The highest BCUT2D eigenvalue weighted by atomic mass is 16.4. The van der Waals surface area contributed by atoms with Gasteiger partial charge in [0.1, 0.15) is 6.54 Å². The SMILES string of the molecule is CCCCCN(CCCCC)CC(C)NC(=O)c1cnn(CC(=O)O)c1. The summed E-state index contributed by atoms with van der Waals surface area (Å²) in [6.07, 6.45) is 10.1. The summed E-state index contributed by atoms with van der Waals surface area (Å²) in [6.45, 7) is 9.12. The molecule has 0 aliphatic carbocycles. The van der Waals surface area contributed by atoms with Gasteiger partial charge in [0.25, 0.3) is 5.91 Å². The van der Waals surface area contributed by atoms with Crippen LogP contribution in [0.5, 0.6) is 0 Å². The van der Waals surface area contributed by atoms with Gasteiger partial charge in [-0.25, -0.2) is 0 Å². The molecule has 1 rings (SSSR count). The number of rotatable bonds is 14. The fourth-order valence-corrected chi connectivity index (χ4v) is 2.91. The minimum Gasteiger partial charge on any atom is -0.480 e. The van der Waals surface area contributed by atoms with E-state index >= 15 is 0 Å². The van der Waals surface area contributed by atoms with E-state index in [1.165, 1.54) is 55.6 Å². The van der Waals surface area contributed by atoms with Crippen LogP contribution in [0, 0.1) is 0 Å². The van der Waals surface area contributed by atoms with Crippen molar-refractivity contribution < 1.29 is 14.7 Å². The zero-order valence-corrected chi connectivity index (χ0v) is 16.4. The van der Waals surface area contributed by atoms with Gasteiger partial charge >= 0.3 is 5.97 Å². The van der Waals surface area contributed by atoms with E-state index in [-0.39, 0.29) is 18.5 Å². The fraction of sp³-hybridized carbons (Fsp3) is 0.737. The average molecular weight is 367 g/mol. The summed E-state index contributed by atoms with van der Waals surface area (Å²) in [5.74, 6) is -1.19. The molecule has 0 radical (unpaired) electrons. The number of hydrogen-bond donors (Lipinski definition) is 2. The van der Waals surface area contributed by atoms with Crippen molar-refractivity contribution in [3.8, 4) is 0 Å². The van der Waals surface area contributed by atoms with Crippen molar-refractivity contribution in [3.63, 3.8) is 0 Å². The molecule has 0 spiro atoms. The second-order valence-corrected chi connectivity index (χ2v) is 6.91. The Morgan fingerprint density at radius 3 is 2.35 bits per heavy atom. The minimum absolute atomic E-state index is 0.0218. The highest BCUT2D eigenvalue weighted by Crippen LogP contribution is 2.05. The molecule has 0 fully saturated rings. The van der Waals surface area contributed by atoms with E-state index in [2.05, 4.69) is 29.2 Å². The van der Waals surface area contributed by atoms with Crippen molar-refractivity contribution in [1.82, 2.24) is 20.0 Å². The van der Waals surface area contributed by atoms with E-state index in [0.717, 1.165) is 19.6 Å². The molecule has 1 aromatic heterocycles. The lowest BCUT2D eigenvalue weighted by Crippen LogP contribution is -2.42. The molecule has 2 N–H and O–H groups in total. The van der Waals surface area contributed by atoms with Gasteiger partial charge in [-0.2, -0.15) is 5.10 Å².